The molecule has 0 bridgehead atoms. The summed E-state index contributed by atoms with van der Waals surface area (Å²) in [7, 11) is -2.10. The van der Waals surface area contributed by atoms with Gasteiger partial charge in [0.05, 0.1) is 24.2 Å². The Morgan fingerprint density at radius 3 is 2.57 bits per heavy atom. The van der Waals surface area contributed by atoms with E-state index in [1.54, 1.807) is 31.5 Å². The number of benzene rings is 2. The summed E-state index contributed by atoms with van der Waals surface area (Å²) >= 11 is 0. The van der Waals surface area contributed by atoms with Gasteiger partial charge in [0.15, 0.2) is 0 Å². The Kier molecular flexibility index (Phi) is 6.69. The van der Waals surface area contributed by atoms with Crippen LogP contribution in [0.3, 0.4) is 0 Å². The van der Waals surface area contributed by atoms with E-state index in [4.69, 9.17) is 4.74 Å². The lowest BCUT2D eigenvalue weighted by Gasteiger charge is -2.13. The molecule has 0 radical (unpaired) electrons. The van der Waals surface area contributed by atoms with E-state index >= 15 is 0 Å². The molecule has 0 unspecified atom stereocenters. The molecule has 1 heterocycles. The number of hydrogen-bond donors (Lipinski definition) is 2. The number of fused-ring (bicyclic) bond motifs is 1. The summed E-state index contributed by atoms with van der Waals surface area (Å²) in [5.74, 6) is 0.481. The first-order chi connectivity index (χ1) is 14.3. The highest BCUT2D eigenvalue weighted by atomic mass is 32.2. The molecule has 1 amide bonds. The standard InChI is InChI=1S/C22H25N3O4S/c1-15-13-23-20(16(2)22(15)29-3)14-24-21(26)10-11-25-30(27,28)19-9-8-17-6-4-5-7-18(17)12-19/h4-9,12-13,25H,10-11,14H2,1-3H3,(H,24,26). The fourth-order valence-electron chi connectivity index (χ4n) is 3.24. The Morgan fingerprint density at radius 2 is 1.83 bits per heavy atom. The molecule has 0 aliphatic carbocycles. The first-order valence-corrected chi connectivity index (χ1v) is 11.0. The van der Waals surface area contributed by atoms with Gasteiger partial charge in [0, 0.05) is 30.3 Å². The summed E-state index contributed by atoms with van der Waals surface area (Å²) in [6.45, 7) is 4.05. The summed E-state index contributed by atoms with van der Waals surface area (Å²) in [6, 6.07) is 12.5. The normalized spacial score (nSPS) is 11.4. The Hall–Kier alpha value is -2.97. The van der Waals surface area contributed by atoms with Crippen molar-refractivity contribution in [2.75, 3.05) is 13.7 Å². The number of methoxy groups -OCH3 is 1. The Morgan fingerprint density at radius 1 is 1.10 bits per heavy atom. The summed E-state index contributed by atoms with van der Waals surface area (Å²) < 4.78 is 32.9. The predicted octanol–water partition coefficient (Wildman–Crippen LogP) is 2.85. The molecule has 0 saturated heterocycles. The van der Waals surface area contributed by atoms with Crippen LogP contribution < -0.4 is 14.8 Å². The second kappa shape index (κ2) is 9.23. The van der Waals surface area contributed by atoms with Gasteiger partial charge in [-0.1, -0.05) is 30.3 Å². The van der Waals surface area contributed by atoms with Gasteiger partial charge in [-0.3, -0.25) is 9.78 Å². The molecule has 0 atom stereocenters. The maximum atomic E-state index is 12.5. The molecule has 3 aromatic rings. The van der Waals surface area contributed by atoms with E-state index in [1.165, 1.54) is 0 Å². The molecule has 0 saturated carbocycles. The van der Waals surface area contributed by atoms with Gasteiger partial charge in [-0.05, 0) is 36.8 Å². The molecular formula is C22H25N3O4S. The van der Waals surface area contributed by atoms with Gasteiger partial charge in [0.25, 0.3) is 0 Å². The van der Waals surface area contributed by atoms with E-state index in [-0.39, 0.29) is 30.3 Å². The lowest BCUT2D eigenvalue weighted by molar-refractivity contribution is -0.121. The van der Waals surface area contributed by atoms with Crippen molar-refractivity contribution in [1.29, 1.82) is 0 Å². The van der Waals surface area contributed by atoms with Crippen LogP contribution in [0.5, 0.6) is 5.75 Å². The van der Waals surface area contributed by atoms with E-state index in [0.29, 0.717) is 5.69 Å². The molecule has 0 spiro atoms. The number of pyridine rings is 1. The zero-order chi connectivity index (χ0) is 21.7. The van der Waals surface area contributed by atoms with Crippen LogP contribution in [0.4, 0.5) is 0 Å². The number of ether oxygens (including phenoxy) is 1. The van der Waals surface area contributed by atoms with Gasteiger partial charge in [-0.25, -0.2) is 13.1 Å². The lowest BCUT2D eigenvalue weighted by Crippen LogP contribution is -2.31. The average Bonchev–Trinajstić information content (AvgIpc) is 2.73. The van der Waals surface area contributed by atoms with Crippen molar-refractivity contribution in [1.82, 2.24) is 15.0 Å². The highest BCUT2D eigenvalue weighted by Crippen LogP contribution is 2.23. The maximum absolute atomic E-state index is 12.5. The number of nitrogens with one attached hydrogen (secondary N) is 2. The molecular weight excluding hydrogens is 402 g/mol. The van der Waals surface area contributed by atoms with Crippen LogP contribution in [0.15, 0.2) is 53.6 Å². The second-order valence-corrected chi connectivity index (χ2v) is 8.75. The lowest BCUT2D eigenvalue weighted by atomic mass is 10.1. The van der Waals surface area contributed by atoms with E-state index in [0.717, 1.165) is 27.6 Å². The molecule has 1 aromatic heterocycles. The van der Waals surface area contributed by atoms with Crippen LogP contribution in [0.1, 0.15) is 23.2 Å². The quantitative estimate of drug-likeness (QED) is 0.576. The van der Waals surface area contributed by atoms with Gasteiger partial charge in [-0.2, -0.15) is 0 Å². The number of amides is 1. The third-order valence-electron chi connectivity index (χ3n) is 4.88. The average molecular weight is 428 g/mol. The highest BCUT2D eigenvalue weighted by Gasteiger charge is 2.15. The van der Waals surface area contributed by atoms with Crippen LogP contribution >= 0.6 is 0 Å². The molecule has 2 aromatic carbocycles. The van der Waals surface area contributed by atoms with Crippen molar-refractivity contribution in [2.45, 2.75) is 31.7 Å². The van der Waals surface area contributed by atoms with Crippen molar-refractivity contribution in [2.24, 2.45) is 0 Å². The van der Waals surface area contributed by atoms with Crippen LogP contribution in [-0.2, 0) is 21.4 Å². The minimum Gasteiger partial charge on any atom is -0.496 e. The molecule has 0 aliphatic rings. The number of aromatic nitrogens is 1. The first kappa shape index (κ1) is 21.7. The van der Waals surface area contributed by atoms with Crippen LogP contribution in [0.25, 0.3) is 10.8 Å². The molecule has 158 valence electrons. The third-order valence-corrected chi connectivity index (χ3v) is 6.34. The van der Waals surface area contributed by atoms with Crippen molar-refractivity contribution in [3.63, 3.8) is 0 Å². The molecule has 2 N–H and O–H groups in total. The zero-order valence-corrected chi connectivity index (χ0v) is 18.0. The van der Waals surface area contributed by atoms with Crippen molar-refractivity contribution in [3.8, 4) is 5.75 Å². The van der Waals surface area contributed by atoms with E-state index < -0.39 is 10.0 Å². The summed E-state index contributed by atoms with van der Waals surface area (Å²) in [5, 5.41) is 4.58. The van der Waals surface area contributed by atoms with Crippen LogP contribution in [0.2, 0.25) is 0 Å². The smallest absolute Gasteiger partial charge is 0.240 e. The minimum atomic E-state index is -3.69. The SMILES string of the molecule is COc1c(C)cnc(CNC(=O)CCNS(=O)(=O)c2ccc3ccccc3c2)c1C. The van der Waals surface area contributed by atoms with Gasteiger partial charge < -0.3 is 10.1 Å². The minimum absolute atomic E-state index is 0.00459. The number of carbonyl (C=O) groups excluding carboxylic acids is 1. The van der Waals surface area contributed by atoms with Crippen molar-refractivity contribution >= 4 is 26.7 Å². The fraction of sp³-hybridized carbons (Fsp3) is 0.273. The maximum Gasteiger partial charge on any atom is 0.240 e. The number of hydrogen-bond acceptors (Lipinski definition) is 5. The van der Waals surface area contributed by atoms with E-state index in [9.17, 15) is 13.2 Å². The number of aryl methyl sites for hydroxylation is 1. The third kappa shape index (κ3) is 4.95. The fourth-order valence-corrected chi connectivity index (χ4v) is 4.30. The molecule has 7 nitrogen and oxygen atoms in total. The number of carbonyl (C=O) groups is 1. The molecule has 0 aliphatic heterocycles. The van der Waals surface area contributed by atoms with Gasteiger partial charge in [-0.15, -0.1) is 0 Å². The Labute approximate surface area is 176 Å². The van der Waals surface area contributed by atoms with Gasteiger partial charge in [0.2, 0.25) is 15.9 Å². The number of rotatable bonds is 8. The molecule has 30 heavy (non-hydrogen) atoms. The Balaban J connectivity index is 1.54. The number of sulfonamides is 1. The topological polar surface area (TPSA) is 97.4 Å². The highest BCUT2D eigenvalue weighted by molar-refractivity contribution is 7.89. The largest absolute Gasteiger partial charge is 0.496 e. The van der Waals surface area contributed by atoms with Crippen LogP contribution in [-0.4, -0.2) is 33.0 Å². The zero-order valence-electron chi connectivity index (χ0n) is 17.2. The van der Waals surface area contributed by atoms with Gasteiger partial charge >= 0.3 is 0 Å². The first-order valence-electron chi connectivity index (χ1n) is 9.56. The monoisotopic (exact) mass is 427 g/mol. The van der Waals surface area contributed by atoms with Crippen molar-refractivity contribution in [3.05, 3.63) is 65.5 Å². The predicted molar refractivity (Wildman–Crippen MR) is 116 cm³/mol. The summed E-state index contributed by atoms with van der Waals surface area (Å²) in [6.07, 6.45) is 1.72. The molecule has 8 heteroatoms. The van der Waals surface area contributed by atoms with E-state index in [2.05, 4.69) is 15.0 Å². The molecule has 3 rings (SSSR count). The summed E-state index contributed by atoms with van der Waals surface area (Å²) in [4.78, 5) is 16.7. The van der Waals surface area contributed by atoms with E-state index in [1.807, 2.05) is 38.1 Å². The Bertz CT molecular complexity index is 1180. The van der Waals surface area contributed by atoms with Gasteiger partial charge in [0.1, 0.15) is 5.75 Å². The number of nitrogens with zero attached hydrogens (tertiary/aromatic N) is 1. The van der Waals surface area contributed by atoms with Crippen molar-refractivity contribution < 1.29 is 17.9 Å². The second-order valence-electron chi connectivity index (χ2n) is 6.98. The summed E-state index contributed by atoms with van der Waals surface area (Å²) in [5.41, 5.74) is 2.51. The van der Waals surface area contributed by atoms with Crippen LogP contribution in [0, 0.1) is 13.8 Å². The molecule has 0 fully saturated rings.